The molecule has 1 aliphatic heterocycles. The maximum Gasteiger partial charge on any atom is 0.270 e. The molecule has 0 saturated carbocycles. The number of nitrogens with one attached hydrogen (secondary N) is 2. The number of benzene rings is 3. The van der Waals surface area contributed by atoms with Gasteiger partial charge in [0.15, 0.2) is 0 Å². The SMILES string of the molecule is O=C(C=Cc1cccc([N+](=O)[O-])c1)Nc1nc2n(n1)C(c1ccc(F)cc1)C=C(c1ccccc1)N2. The van der Waals surface area contributed by atoms with Gasteiger partial charge in [0.2, 0.25) is 5.95 Å². The Bertz CT molecular complexity index is 1500. The summed E-state index contributed by atoms with van der Waals surface area (Å²) in [4.78, 5) is 27.4. The van der Waals surface area contributed by atoms with Crippen LogP contribution in [0.2, 0.25) is 0 Å². The van der Waals surface area contributed by atoms with Crippen LogP contribution in [0, 0.1) is 15.9 Å². The van der Waals surface area contributed by atoms with Crippen molar-refractivity contribution in [2.24, 2.45) is 0 Å². The number of rotatable bonds is 6. The van der Waals surface area contributed by atoms with Crippen LogP contribution in [0.3, 0.4) is 0 Å². The van der Waals surface area contributed by atoms with Gasteiger partial charge in [0.05, 0.1) is 4.92 Å². The molecule has 36 heavy (non-hydrogen) atoms. The standard InChI is InChI=1S/C26H19FN6O3/c27-20-12-10-19(11-13-20)23-16-22(18-6-2-1-3-7-18)28-26-30-25(31-32(23)26)29-24(34)14-9-17-5-4-8-21(15-17)33(35)36/h1-16,23H,(H2,28,29,30,31,34). The van der Waals surface area contributed by atoms with Crippen molar-refractivity contribution in [1.29, 1.82) is 0 Å². The predicted molar refractivity (Wildman–Crippen MR) is 133 cm³/mol. The van der Waals surface area contributed by atoms with Crippen molar-refractivity contribution < 1.29 is 14.1 Å². The average molecular weight is 482 g/mol. The first-order valence-electron chi connectivity index (χ1n) is 11.0. The molecule has 0 spiro atoms. The van der Waals surface area contributed by atoms with Crippen molar-refractivity contribution >= 4 is 35.3 Å². The van der Waals surface area contributed by atoms with E-state index in [1.54, 1.807) is 28.9 Å². The zero-order chi connectivity index (χ0) is 25.1. The second-order valence-corrected chi connectivity index (χ2v) is 7.95. The van der Waals surface area contributed by atoms with Crippen LogP contribution in [-0.2, 0) is 4.79 Å². The van der Waals surface area contributed by atoms with E-state index in [9.17, 15) is 19.3 Å². The second kappa shape index (κ2) is 9.63. The summed E-state index contributed by atoms with van der Waals surface area (Å²) < 4.78 is 15.2. The number of hydrogen-bond donors (Lipinski definition) is 2. The van der Waals surface area contributed by atoms with Crippen molar-refractivity contribution in [2.45, 2.75) is 6.04 Å². The molecular formula is C26H19FN6O3. The van der Waals surface area contributed by atoms with Gasteiger partial charge in [0, 0.05) is 23.9 Å². The Balaban J connectivity index is 1.40. The van der Waals surface area contributed by atoms with Gasteiger partial charge in [-0.2, -0.15) is 4.98 Å². The molecule has 1 amide bonds. The molecule has 1 aliphatic rings. The van der Waals surface area contributed by atoms with Crippen LogP contribution in [0.5, 0.6) is 0 Å². The van der Waals surface area contributed by atoms with Crippen molar-refractivity contribution in [3.8, 4) is 0 Å². The van der Waals surface area contributed by atoms with Crippen LogP contribution in [-0.4, -0.2) is 25.6 Å². The first kappa shape index (κ1) is 22.7. The highest BCUT2D eigenvalue weighted by Gasteiger charge is 2.25. The number of allylic oxidation sites excluding steroid dienone is 1. The smallest absolute Gasteiger partial charge is 0.270 e. The van der Waals surface area contributed by atoms with Gasteiger partial charge < -0.3 is 5.32 Å². The summed E-state index contributed by atoms with van der Waals surface area (Å²) >= 11 is 0. The minimum Gasteiger partial charge on any atom is -0.324 e. The highest BCUT2D eigenvalue weighted by atomic mass is 19.1. The summed E-state index contributed by atoms with van der Waals surface area (Å²) in [5.41, 5.74) is 2.96. The molecule has 4 aromatic rings. The number of nitro benzene ring substituents is 1. The minimum absolute atomic E-state index is 0.0689. The number of carbonyl (C=O) groups is 1. The lowest BCUT2D eigenvalue weighted by Crippen LogP contribution is -2.20. The molecule has 2 heterocycles. The van der Waals surface area contributed by atoms with Crippen LogP contribution in [0.4, 0.5) is 22.0 Å². The average Bonchev–Trinajstić information content (AvgIpc) is 3.30. The molecule has 1 atom stereocenters. The summed E-state index contributed by atoms with van der Waals surface area (Å²) in [6, 6.07) is 21.3. The lowest BCUT2D eigenvalue weighted by molar-refractivity contribution is -0.384. The van der Waals surface area contributed by atoms with E-state index in [-0.39, 0.29) is 17.5 Å². The molecular weight excluding hydrogens is 463 g/mol. The van der Waals surface area contributed by atoms with Gasteiger partial charge in [-0.25, -0.2) is 9.07 Å². The third-order valence-electron chi connectivity index (χ3n) is 5.51. The van der Waals surface area contributed by atoms with Crippen LogP contribution in [0.15, 0.2) is 91.0 Å². The van der Waals surface area contributed by atoms with Crippen LogP contribution < -0.4 is 10.6 Å². The molecule has 0 aliphatic carbocycles. The molecule has 178 valence electrons. The quantitative estimate of drug-likeness (QED) is 0.226. The van der Waals surface area contributed by atoms with E-state index in [1.807, 2.05) is 36.4 Å². The number of nitro groups is 1. The number of amides is 1. The zero-order valence-electron chi connectivity index (χ0n) is 18.7. The van der Waals surface area contributed by atoms with Gasteiger partial charge in [-0.15, -0.1) is 5.10 Å². The summed E-state index contributed by atoms with van der Waals surface area (Å²) in [7, 11) is 0. The molecule has 3 aromatic carbocycles. The van der Waals surface area contributed by atoms with Gasteiger partial charge in [-0.1, -0.05) is 54.6 Å². The van der Waals surface area contributed by atoms with E-state index in [0.29, 0.717) is 11.5 Å². The minimum atomic E-state index is -0.501. The molecule has 9 nitrogen and oxygen atoms in total. The van der Waals surface area contributed by atoms with Crippen molar-refractivity contribution in [3.63, 3.8) is 0 Å². The number of carbonyl (C=O) groups excluding carboxylic acids is 1. The van der Waals surface area contributed by atoms with E-state index in [2.05, 4.69) is 20.7 Å². The maximum absolute atomic E-state index is 13.5. The zero-order valence-corrected chi connectivity index (χ0v) is 18.7. The Hall–Kier alpha value is -5.12. The first-order chi connectivity index (χ1) is 17.5. The van der Waals surface area contributed by atoms with Crippen molar-refractivity contribution in [1.82, 2.24) is 14.8 Å². The number of hydrogen-bond acceptors (Lipinski definition) is 6. The van der Waals surface area contributed by atoms with E-state index in [0.717, 1.165) is 16.8 Å². The number of anilines is 2. The van der Waals surface area contributed by atoms with E-state index in [1.165, 1.54) is 36.4 Å². The largest absolute Gasteiger partial charge is 0.324 e. The number of nitrogens with zero attached hydrogens (tertiary/aromatic N) is 4. The Morgan fingerprint density at radius 1 is 1.08 bits per heavy atom. The molecule has 2 N–H and O–H groups in total. The Labute approximate surface area is 204 Å². The summed E-state index contributed by atoms with van der Waals surface area (Å²) in [6.07, 6.45) is 4.67. The van der Waals surface area contributed by atoms with Gasteiger partial charge in [-0.3, -0.25) is 20.2 Å². The number of non-ortho nitro benzene ring substituents is 1. The number of halogens is 1. The normalized spacial score (nSPS) is 14.6. The maximum atomic E-state index is 13.5. The highest BCUT2D eigenvalue weighted by Crippen LogP contribution is 2.33. The monoisotopic (exact) mass is 482 g/mol. The molecule has 1 unspecified atom stereocenters. The fourth-order valence-electron chi connectivity index (χ4n) is 3.80. The van der Waals surface area contributed by atoms with Crippen molar-refractivity contribution in [2.75, 3.05) is 10.6 Å². The molecule has 1 aromatic heterocycles. The van der Waals surface area contributed by atoms with E-state index < -0.39 is 16.9 Å². The topological polar surface area (TPSA) is 115 Å². The van der Waals surface area contributed by atoms with E-state index >= 15 is 0 Å². The molecule has 0 saturated heterocycles. The molecule has 10 heteroatoms. The second-order valence-electron chi connectivity index (χ2n) is 7.95. The lowest BCUT2D eigenvalue weighted by atomic mass is 10.0. The molecule has 5 rings (SSSR count). The number of fused-ring (bicyclic) bond motifs is 1. The third-order valence-corrected chi connectivity index (χ3v) is 5.51. The summed E-state index contributed by atoms with van der Waals surface area (Å²) in [5, 5.41) is 21.2. The van der Waals surface area contributed by atoms with Crippen molar-refractivity contribution in [3.05, 3.63) is 124 Å². The van der Waals surface area contributed by atoms with Crippen LogP contribution >= 0.6 is 0 Å². The first-order valence-corrected chi connectivity index (χ1v) is 11.0. The third kappa shape index (κ3) is 4.87. The fraction of sp³-hybridized carbons (Fsp3) is 0.0385. The Morgan fingerprint density at radius 3 is 2.61 bits per heavy atom. The predicted octanol–water partition coefficient (Wildman–Crippen LogP) is 5.03. The molecule has 0 bridgehead atoms. The number of aromatic nitrogens is 3. The van der Waals surface area contributed by atoms with Crippen LogP contribution in [0.25, 0.3) is 11.8 Å². The van der Waals surface area contributed by atoms with Gasteiger partial charge in [0.25, 0.3) is 17.5 Å². The van der Waals surface area contributed by atoms with Gasteiger partial charge in [-0.05, 0) is 41.0 Å². The summed E-state index contributed by atoms with van der Waals surface area (Å²) in [6.45, 7) is 0. The lowest BCUT2D eigenvalue weighted by Gasteiger charge is -2.24. The Kier molecular flexibility index (Phi) is 6.06. The Morgan fingerprint density at radius 2 is 1.86 bits per heavy atom. The fourth-order valence-corrected chi connectivity index (χ4v) is 3.80. The summed E-state index contributed by atoms with van der Waals surface area (Å²) in [5.74, 6) is -0.370. The molecule has 0 radical (unpaired) electrons. The van der Waals surface area contributed by atoms with Gasteiger partial charge in [0.1, 0.15) is 11.9 Å². The molecule has 0 fully saturated rings. The van der Waals surface area contributed by atoms with E-state index in [4.69, 9.17) is 0 Å². The van der Waals surface area contributed by atoms with Crippen LogP contribution in [0.1, 0.15) is 22.7 Å². The highest BCUT2D eigenvalue weighted by molar-refractivity contribution is 6.01. The van der Waals surface area contributed by atoms with Gasteiger partial charge >= 0.3 is 0 Å².